The Morgan fingerprint density at radius 3 is 2.38 bits per heavy atom. The zero-order chi connectivity index (χ0) is 11.8. The molecule has 0 heterocycles. The predicted octanol–water partition coefficient (Wildman–Crippen LogP) is 2.64. The Balaban J connectivity index is 2.30. The molecule has 0 saturated carbocycles. The highest BCUT2D eigenvalue weighted by molar-refractivity contribution is 5.26. The maximum atomic E-state index is 5.68. The topological polar surface area (TPSA) is 27.7 Å². The molecule has 1 aromatic carbocycles. The van der Waals surface area contributed by atoms with Crippen molar-refractivity contribution < 1.29 is 14.2 Å². The molecule has 0 aliphatic rings. The molecular weight excluding hydrogens is 204 g/mol. The Morgan fingerprint density at radius 1 is 1.12 bits per heavy atom. The third kappa shape index (κ3) is 4.64. The van der Waals surface area contributed by atoms with Crippen molar-refractivity contribution in [2.45, 2.75) is 26.1 Å². The smallest absolute Gasteiger partial charge is 0.118 e. The summed E-state index contributed by atoms with van der Waals surface area (Å²) in [4.78, 5) is 0. The van der Waals surface area contributed by atoms with Gasteiger partial charge in [0.15, 0.2) is 0 Å². The number of methoxy groups -OCH3 is 2. The van der Waals surface area contributed by atoms with Crippen molar-refractivity contribution in [3.63, 3.8) is 0 Å². The summed E-state index contributed by atoms with van der Waals surface area (Å²) in [5, 5.41) is 0. The molecule has 1 atom stereocenters. The van der Waals surface area contributed by atoms with Gasteiger partial charge in [-0.2, -0.15) is 0 Å². The molecule has 0 fully saturated rings. The van der Waals surface area contributed by atoms with Gasteiger partial charge in [-0.15, -0.1) is 0 Å². The maximum absolute atomic E-state index is 5.68. The fraction of sp³-hybridized carbons (Fsp3) is 0.538. The summed E-state index contributed by atoms with van der Waals surface area (Å²) < 4.78 is 15.8. The maximum Gasteiger partial charge on any atom is 0.118 e. The average molecular weight is 224 g/mol. The van der Waals surface area contributed by atoms with Crippen LogP contribution in [0.4, 0.5) is 0 Å². The standard InChI is InChI=1S/C13H20O3/c1-11(8-9-14-2)16-10-12-4-6-13(15-3)7-5-12/h4-7,11H,8-10H2,1-3H3/t11-/m1/s1. The van der Waals surface area contributed by atoms with Crippen molar-refractivity contribution in [1.29, 1.82) is 0 Å². The van der Waals surface area contributed by atoms with E-state index in [2.05, 4.69) is 6.92 Å². The Hall–Kier alpha value is -1.06. The van der Waals surface area contributed by atoms with Crippen LogP contribution in [-0.2, 0) is 16.1 Å². The van der Waals surface area contributed by atoms with Gasteiger partial charge in [-0.05, 0) is 31.0 Å². The minimum Gasteiger partial charge on any atom is -0.497 e. The van der Waals surface area contributed by atoms with Gasteiger partial charge in [-0.3, -0.25) is 0 Å². The number of hydrogen-bond acceptors (Lipinski definition) is 3. The molecule has 1 aromatic rings. The van der Waals surface area contributed by atoms with Crippen LogP contribution in [0.3, 0.4) is 0 Å². The van der Waals surface area contributed by atoms with Gasteiger partial charge in [0.05, 0.1) is 19.8 Å². The monoisotopic (exact) mass is 224 g/mol. The molecule has 0 unspecified atom stereocenters. The first-order chi connectivity index (χ1) is 7.76. The van der Waals surface area contributed by atoms with Gasteiger partial charge in [-0.25, -0.2) is 0 Å². The van der Waals surface area contributed by atoms with Gasteiger partial charge in [0.1, 0.15) is 5.75 Å². The van der Waals surface area contributed by atoms with Gasteiger partial charge in [0.25, 0.3) is 0 Å². The highest BCUT2D eigenvalue weighted by Crippen LogP contribution is 2.12. The summed E-state index contributed by atoms with van der Waals surface area (Å²) >= 11 is 0. The summed E-state index contributed by atoms with van der Waals surface area (Å²) in [5.41, 5.74) is 1.16. The lowest BCUT2D eigenvalue weighted by molar-refractivity contribution is 0.0301. The van der Waals surface area contributed by atoms with E-state index in [0.29, 0.717) is 6.61 Å². The molecule has 0 amide bonds. The van der Waals surface area contributed by atoms with Crippen molar-refractivity contribution in [1.82, 2.24) is 0 Å². The van der Waals surface area contributed by atoms with Crippen LogP contribution >= 0.6 is 0 Å². The van der Waals surface area contributed by atoms with Crippen LogP contribution in [-0.4, -0.2) is 26.9 Å². The van der Waals surface area contributed by atoms with Crippen LogP contribution in [0.2, 0.25) is 0 Å². The highest BCUT2D eigenvalue weighted by atomic mass is 16.5. The van der Waals surface area contributed by atoms with E-state index in [1.54, 1.807) is 14.2 Å². The molecule has 0 aliphatic carbocycles. The zero-order valence-electron chi connectivity index (χ0n) is 10.2. The summed E-state index contributed by atoms with van der Waals surface area (Å²) in [5.74, 6) is 0.871. The molecule has 0 aromatic heterocycles. The number of benzene rings is 1. The summed E-state index contributed by atoms with van der Waals surface area (Å²) in [6.07, 6.45) is 1.15. The average Bonchev–Trinajstić information content (AvgIpc) is 2.34. The summed E-state index contributed by atoms with van der Waals surface area (Å²) in [7, 11) is 3.37. The zero-order valence-corrected chi connectivity index (χ0v) is 10.2. The predicted molar refractivity (Wildman–Crippen MR) is 63.7 cm³/mol. The van der Waals surface area contributed by atoms with E-state index in [0.717, 1.165) is 24.3 Å². The van der Waals surface area contributed by atoms with E-state index in [9.17, 15) is 0 Å². The largest absolute Gasteiger partial charge is 0.497 e. The Bertz CT molecular complexity index is 282. The molecule has 0 bridgehead atoms. The first kappa shape index (κ1) is 13.0. The minimum absolute atomic E-state index is 0.224. The lowest BCUT2D eigenvalue weighted by atomic mass is 10.2. The number of rotatable bonds is 7. The quantitative estimate of drug-likeness (QED) is 0.712. The second-order valence-electron chi connectivity index (χ2n) is 3.75. The fourth-order valence-corrected chi connectivity index (χ4v) is 1.33. The first-order valence-corrected chi connectivity index (χ1v) is 5.49. The molecule has 0 radical (unpaired) electrons. The van der Waals surface area contributed by atoms with Crippen molar-refractivity contribution in [3.05, 3.63) is 29.8 Å². The van der Waals surface area contributed by atoms with Gasteiger partial charge < -0.3 is 14.2 Å². The minimum atomic E-state index is 0.224. The molecule has 0 N–H and O–H groups in total. The van der Waals surface area contributed by atoms with Crippen LogP contribution < -0.4 is 4.74 Å². The SMILES string of the molecule is COCC[C@@H](C)OCc1ccc(OC)cc1. The van der Waals surface area contributed by atoms with Crippen LogP contribution in [0.15, 0.2) is 24.3 Å². The Morgan fingerprint density at radius 2 is 1.81 bits per heavy atom. The van der Waals surface area contributed by atoms with Crippen molar-refractivity contribution in [2.75, 3.05) is 20.8 Å². The van der Waals surface area contributed by atoms with E-state index in [-0.39, 0.29) is 6.10 Å². The van der Waals surface area contributed by atoms with E-state index in [1.807, 2.05) is 24.3 Å². The molecule has 0 spiro atoms. The van der Waals surface area contributed by atoms with Crippen LogP contribution in [0.25, 0.3) is 0 Å². The van der Waals surface area contributed by atoms with Crippen LogP contribution in [0.5, 0.6) is 5.75 Å². The molecule has 0 saturated heterocycles. The van der Waals surface area contributed by atoms with Gasteiger partial charge in [0, 0.05) is 13.7 Å². The van der Waals surface area contributed by atoms with E-state index < -0.39 is 0 Å². The molecular formula is C13H20O3. The number of ether oxygens (including phenoxy) is 3. The van der Waals surface area contributed by atoms with Gasteiger partial charge in [0.2, 0.25) is 0 Å². The van der Waals surface area contributed by atoms with Gasteiger partial charge >= 0.3 is 0 Å². The van der Waals surface area contributed by atoms with Crippen LogP contribution in [0.1, 0.15) is 18.9 Å². The third-order valence-electron chi connectivity index (χ3n) is 2.42. The van der Waals surface area contributed by atoms with E-state index in [1.165, 1.54) is 0 Å². The molecule has 90 valence electrons. The highest BCUT2D eigenvalue weighted by Gasteiger charge is 2.02. The van der Waals surface area contributed by atoms with Crippen LogP contribution in [0, 0.1) is 0 Å². The van der Waals surface area contributed by atoms with E-state index >= 15 is 0 Å². The lowest BCUT2D eigenvalue weighted by Crippen LogP contribution is -2.10. The summed E-state index contributed by atoms with van der Waals surface area (Å²) in [6.45, 7) is 3.43. The lowest BCUT2D eigenvalue weighted by Gasteiger charge is -2.12. The second-order valence-corrected chi connectivity index (χ2v) is 3.75. The Kier molecular flexibility index (Phi) is 5.90. The summed E-state index contributed by atoms with van der Waals surface area (Å²) in [6, 6.07) is 7.92. The molecule has 0 aliphatic heterocycles. The van der Waals surface area contributed by atoms with Crippen molar-refractivity contribution >= 4 is 0 Å². The Labute approximate surface area is 97.3 Å². The normalized spacial score (nSPS) is 12.4. The second kappa shape index (κ2) is 7.25. The van der Waals surface area contributed by atoms with Crippen molar-refractivity contribution in [3.8, 4) is 5.75 Å². The van der Waals surface area contributed by atoms with E-state index in [4.69, 9.17) is 14.2 Å². The number of hydrogen-bond donors (Lipinski definition) is 0. The van der Waals surface area contributed by atoms with Crippen molar-refractivity contribution in [2.24, 2.45) is 0 Å². The molecule has 16 heavy (non-hydrogen) atoms. The first-order valence-electron chi connectivity index (χ1n) is 5.49. The molecule has 1 rings (SSSR count). The van der Waals surface area contributed by atoms with Gasteiger partial charge in [-0.1, -0.05) is 12.1 Å². The molecule has 3 nitrogen and oxygen atoms in total. The third-order valence-corrected chi connectivity index (χ3v) is 2.42. The fourth-order valence-electron chi connectivity index (χ4n) is 1.33. The molecule has 3 heteroatoms.